The molecular weight excluding hydrogens is 250 g/mol. The van der Waals surface area contributed by atoms with Crippen LogP contribution in [-0.2, 0) is 11.2 Å². The first-order valence-electron chi connectivity index (χ1n) is 6.72. The van der Waals surface area contributed by atoms with Crippen molar-refractivity contribution in [3.05, 3.63) is 55.3 Å². The topological polar surface area (TPSA) is 29.5 Å². The molecule has 0 saturated heterocycles. The summed E-state index contributed by atoms with van der Waals surface area (Å²) in [5.74, 6) is 0. The van der Waals surface area contributed by atoms with Gasteiger partial charge in [0.1, 0.15) is 5.60 Å². The van der Waals surface area contributed by atoms with E-state index in [-0.39, 0.29) is 0 Å². The Balaban J connectivity index is 3.03. The molecule has 0 spiro atoms. The molecule has 0 N–H and O–H groups in total. The van der Waals surface area contributed by atoms with Crippen LogP contribution in [0.2, 0.25) is 0 Å². The molecule has 108 valence electrons. The highest BCUT2D eigenvalue weighted by atomic mass is 16.6. The number of nitrogens with zero attached hydrogens (tertiary/aromatic N) is 1. The van der Waals surface area contributed by atoms with Gasteiger partial charge in [0.15, 0.2) is 0 Å². The molecule has 0 aliphatic carbocycles. The van der Waals surface area contributed by atoms with Crippen LogP contribution in [0.25, 0.3) is 0 Å². The minimum absolute atomic E-state index is 0.418. The summed E-state index contributed by atoms with van der Waals surface area (Å²) in [5.41, 5.74) is 1.34. The second-order valence-corrected chi connectivity index (χ2v) is 5.49. The number of amides is 1. The Hall–Kier alpha value is -2.03. The Kier molecular flexibility index (Phi) is 5.56. The van der Waals surface area contributed by atoms with Crippen molar-refractivity contribution in [2.45, 2.75) is 39.2 Å². The number of para-hydroxylation sites is 1. The molecule has 3 heteroatoms. The largest absolute Gasteiger partial charge is 0.443 e. The summed E-state index contributed by atoms with van der Waals surface area (Å²) in [6.07, 6.45) is 4.62. The maximum atomic E-state index is 12.2. The Morgan fingerprint density at radius 1 is 1.30 bits per heavy atom. The molecule has 0 fully saturated rings. The van der Waals surface area contributed by atoms with Gasteiger partial charge in [-0.1, -0.05) is 30.9 Å². The summed E-state index contributed by atoms with van der Waals surface area (Å²) >= 11 is 0. The first kappa shape index (κ1) is 16.0. The van der Waals surface area contributed by atoms with Gasteiger partial charge in [-0.05, 0) is 45.2 Å². The van der Waals surface area contributed by atoms with E-state index in [1.807, 2.05) is 51.1 Å². The second kappa shape index (κ2) is 6.94. The summed E-state index contributed by atoms with van der Waals surface area (Å²) < 4.78 is 5.40. The van der Waals surface area contributed by atoms with Crippen molar-refractivity contribution in [2.24, 2.45) is 0 Å². The lowest BCUT2D eigenvalue weighted by Gasteiger charge is -2.26. The van der Waals surface area contributed by atoms with Gasteiger partial charge in [-0.15, -0.1) is 6.58 Å². The predicted octanol–water partition coefficient (Wildman–Crippen LogP) is 4.69. The summed E-state index contributed by atoms with van der Waals surface area (Å²) in [7, 11) is 0. The van der Waals surface area contributed by atoms with Gasteiger partial charge in [-0.2, -0.15) is 0 Å². The van der Waals surface area contributed by atoms with Crippen LogP contribution in [0.4, 0.5) is 10.5 Å². The number of rotatable bonds is 5. The lowest BCUT2D eigenvalue weighted by Crippen LogP contribution is -2.33. The van der Waals surface area contributed by atoms with Crippen molar-refractivity contribution < 1.29 is 9.53 Å². The third-order valence-electron chi connectivity index (χ3n) is 2.64. The van der Waals surface area contributed by atoms with Gasteiger partial charge >= 0.3 is 6.09 Å². The zero-order valence-electron chi connectivity index (χ0n) is 12.6. The first-order chi connectivity index (χ1) is 9.39. The van der Waals surface area contributed by atoms with E-state index >= 15 is 0 Å². The quantitative estimate of drug-likeness (QED) is 0.728. The lowest BCUT2D eigenvalue weighted by molar-refractivity contribution is 0.0596. The third kappa shape index (κ3) is 4.57. The van der Waals surface area contributed by atoms with Crippen LogP contribution in [0.5, 0.6) is 0 Å². The monoisotopic (exact) mass is 273 g/mol. The van der Waals surface area contributed by atoms with Crippen LogP contribution in [0.1, 0.15) is 32.8 Å². The molecule has 0 aliphatic heterocycles. The number of ether oxygens (including phenoxy) is 1. The SMILES string of the molecule is C=CCCc1ccccc1N(C=C)C(=O)OC(C)(C)C. The molecule has 0 aliphatic rings. The van der Waals surface area contributed by atoms with E-state index in [0.29, 0.717) is 0 Å². The molecule has 0 saturated carbocycles. The average Bonchev–Trinajstić information content (AvgIpc) is 2.36. The minimum Gasteiger partial charge on any atom is -0.443 e. The van der Waals surface area contributed by atoms with Crippen molar-refractivity contribution in [1.29, 1.82) is 0 Å². The normalized spacial score (nSPS) is 10.8. The summed E-state index contributed by atoms with van der Waals surface area (Å²) in [4.78, 5) is 13.7. The molecule has 0 radical (unpaired) electrons. The molecule has 1 rings (SSSR count). The zero-order valence-corrected chi connectivity index (χ0v) is 12.6. The fraction of sp³-hybridized carbons (Fsp3) is 0.353. The fourth-order valence-electron chi connectivity index (χ4n) is 1.80. The molecule has 1 aromatic carbocycles. The van der Waals surface area contributed by atoms with Crippen LogP contribution in [0.15, 0.2) is 49.7 Å². The van der Waals surface area contributed by atoms with E-state index in [2.05, 4.69) is 13.2 Å². The van der Waals surface area contributed by atoms with Crippen molar-refractivity contribution >= 4 is 11.8 Å². The number of allylic oxidation sites excluding steroid dienone is 1. The zero-order chi connectivity index (χ0) is 15.2. The molecule has 0 aromatic heterocycles. The highest BCUT2D eigenvalue weighted by Gasteiger charge is 2.22. The van der Waals surface area contributed by atoms with Crippen LogP contribution < -0.4 is 4.90 Å². The molecule has 3 nitrogen and oxygen atoms in total. The fourth-order valence-corrected chi connectivity index (χ4v) is 1.80. The van der Waals surface area contributed by atoms with Crippen LogP contribution in [0, 0.1) is 0 Å². The third-order valence-corrected chi connectivity index (χ3v) is 2.64. The van der Waals surface area contributed by atoms with E-state index < -0.39 is 11.7 Å². The Bertz CT molecular complexity index is 486. The maximum absolute atomic E-state index is 12.2. The minimum atomic E-state index is -0.533. The highest BCUT2D eigenvalue weighted by molar-refractivity contribution is 5.90. The Labute approximate surface area is 121 Å². The standard InChI is InChI=1S/C17H23NO2/c1-6-8-11-14-12-9-10-13-15(14)18(7-2)16(19)20-17(3,4)5/h6-7,9-10,12-13H,1-2,8,11H2,3-5H3. The van der Waals surface area contributed by atoms with Gasteiger partial charge in [0.05, 0.1) is 5.69 Å². The van der Waals surface area contributed by atoms with Crippen molar-refractivity contribution in [2.75, 3.05) is 4.90 Å². The van der Waals surface area contributed by atoms with Gasteiger partial charge in [0.2, 0.25) is 0 Å². The summed E-state index contributed by atoms with van der Waals surface area (Å²) in [5, 5.41) is 0. The highest BCUT2D eigenvalue weighted by Crippen LogP contribution is 2.24. The van der Waals surface area contributed by atoms with Gasteiger partial charge in [-0.25, -0.2) is 4.79 Å². The van der Waals surface area contributed by atoms with Gasteiger partial charge < -0.3 is 4.74 Å². The number of aryl methyl sites for hydroxylation is 1. The van der Waals surface area contributed by atoms with E-state index in [1.165, 1.54) is 11.1 Å². The summed E-state index contributed by atoms with van der Waals surface area (Å²) in [6, 6.07) is 7.75. The molecule has 0 bridgehead atoms. The number of hydrogen-bond acceptors (Lipinski definition) is 2. The average molecular weight is 273 g/mol. The van der Waals surface area contributed by atoms with Crippen molar-refractivity contribution in [3.8, 4) is 0 Å². The first-order valence-corrected chi connectivity index (χ1v) is 6.72. The number of anilines is 1. The molecule has 20 heavy (non-hydrogen) atoms. The van der Waals surface area contributed by atoms with E-state index in [1.54, 1.807) is 0 Å². The number of carbonyl (C=O) groups is 1. The van der Waals surface area contributed by atoms with Gasteiger partial charge in [-0.3, -0.25) is 4.90 Å². The number of carbonyl (C=O) groups excluding carboxylic acids is 1. The van der Waals surface area contributed by atoms with Gasteiger partial charge in [0.25, 0.3) is 0 Å². The Morgan fingerprint density at radius 3 is 2.50 bits per heavy atom. The number of hydrogen-bond donors (Lipinski definition) is 0. The molecule has 1 aromatic rings. The van der Waals surface area contributed by atoms with Gasteiger partial charge in [0, 0.05) is 6.20 Å². The van der Waals surface area contributed by atoms with E-state index in [4.69, 9.17) is 4.74 Å². The van der Waals surface area contributed by atoms with Crippen molar-refractivity contribution in [1.82, 2.24) is 0 Å². The van der Waals surface area contributed by atoms with Crippen LogP contribution >= 0.6 is 0 Å². The molecule has 0 unspecified atom stereocenters. The molecular formula is C17H23NO2. The molecule has 0 atom stereocenters. The molecule has 0 heterocycles. The van der Waals surface area contributed by atoms with Crippen LogP contribution in [0.3, 0.4) is 0 Å². The van der Waals surface area contributed by atoms with Crippen LogP contribution in [-0.4, -0.2) is 11.7 Å². The smallest absolute Gasteiger partial charge is 0.418 e. The number of benzene rings is 1. The van der Waals surface area contributed by atoms with E-state index in [0.717, 1.165) is 24.1 Å². The second-order valence-electron chi connectivity index (χ2n) is 5.49. The Morgan fingerprint density at radius 2 is 1.95 bits per heavy atom. The maximum Gasteiger partial charge on any atom is 0.418 e. The van der Waals surface area contributed by atoms with Crippen molar-refractivity contribution in [3.63, 3.8) is 0 Å². The van der Waals surface area contributed by atoms with E-state index in [9.17, 15) is 4.79 Å². The summed E-state index contributed by atoms with van der Waals surface area (Å²) in [6.45, 7) is 13.0. The lowest BCUT2D eigenvalue weighted by atomic mass is 10.1. The molecule has 1 amide bonds. The predicted molar refractivity (Wildman–Crippen MR) is 83.9 cm³/mol.